The molecule has 0 atom stereocenters. The molecule has 0 unspecified atom stereocenters. The fraction of sp³-hybridized carbons (Fsp3) is 0.333. The van der Waals surface area contributed by atoms with Gasteiger partial charge in [-0.15, -0.1) is 0 Å². The molecule has 0 saturated carbocycles. The molecule has 186 valence electrons. The molecule has 8 heteroatoms. The van der Waals surface area contributed by atoms with Crippen LogP contribution in [-0.2, 0) is 13.2 Å². The molecule has 1 fully saturated rings. The van der Waals surface area contributed by atoms with Gasteiger partial charge < -0.3 is 19.7 Å². The van der Waals surface area contributed by atoms with Gasteiger partial charge in [0.1, 0.15) is 6.61 Å². The molecule has 4 rings (SSSR count). The van der Waals surface area contributed by atoms with Crippen LogP contribution in [-0.4, -0.2) is 19.7 Å². The van der Waals surface area contributed by atoms with Crippen molar-refractivity contribution in [3.63, 3.8) is 0 Å². The second kappa shape index (κ2) is 12.4. The SMILES string of the molecule is CCOc1cc(CNc2ccc(N3CCCCC3)c(Cl)c2)c(Br)cc1OCc1ccc(Cl)cc1Cl. The molecule has 1 saturated heterocycles. The lowest BCUT2D eigenvalue weighted by atomic mass is 10.1. The monoisotopic (exact) mass is 596 g/mol. The van der Waals surface area contributed by atoms with E-state index in [-0.39, 0.29) is 0 Å². The summed E-state index contributed by atoms with van der Waals surface area (Å²) >= 11 is 22.6. The minimum absolute atomic E-state index is 0.308. The highest BCUT2D eigenvalue weighted by Gasteiger charge is 2.15. The van der Waals surface area contributed by atoms with E-state index >= 15 is 0 Å². The molecule has 35 heavy (non-hydrogen) atoms. The fourth-order valence-electron chi connectivity index (χ4n) is 4.09. The van der Waals surface area contributed by atoms with Gasteiger partial charge in [0.2, 0.25) is 0 Å². The molecule has 3 aromatic rings. The van der Waals surface area contributed by atoms with E-state index in [1.807, 2.05) is 31.2 Å². The van der Waals surface area contributed by atoms with Crippen molar-refractivity contribution >= 4 is 62.1 Å². The zero-order valence-electron chi connectivity index (χ0n) is 19.6. The lowest BCUT2D eigenvalue weighted by molar-refractivity contribution is 0.269. The van der Waals surface area contributed by atoms with Gasteiger partial charge in [-0.3, -0.25) is 0 Å². The van der Waals surface area contributed by atoms with Gasteiger partial charge in [0.15, 0.2) is 11.5 Å². The van der Waals surface area contributed by atoms with Gasteiger partial charge in [0.25, 0.3) is 0 Å². The van der Waals surface area contributed by atoms with E-state index in [9.17, 15) is 0 Å². The molecule has 4 nitrogen and oxygen atoms in total. The van der Waals surface area contributed by atoms with Gasteiger partial charge in [-0.25, -0.2) is 0 Å². The Balaban J connectivity index is 1.45. The molecule has 1 aliphatic rings. The Kier molecular flexibility index (Phi) is 9.34. The first-order chi connectivity index (χ1) is 16.9. The predicted molar refractivity (Wildman–Crippen MR) is 151 cm³/mol. The molecule has 1 aliphatic heterocycles. The lowest BCUT2D eigenvalue weighted by Gasteiger charge is -2.29. The van der Waals surface area contributed by atoms with Crippen molar-refractivity contribution < 1.29 is 9.47 Å². The topological polar surface area (TPSA) is 33.7 Å². The molecular weight excluding hydrogens is 571 g/mol. The summed E-state index contributed by atoms with van der Waals surface area (Å²) in [4.78, 5) is 2.37. The van der Waals surface area contributed by atoms with Crippen LogP contribution < -0.4 is 19.7 Å². The third-order valence-corrected chi connectivity index (χ3v) is 7.57. The largest absolute Gasteiger partial charge is 0.490 e. The maximum Gasteiger partial charge on any atom is 0.162 e. The zero-order valence-corrected chi connectivity index (χ0v) is 23.4. The minimum atomic E-state index is 0.308. The first-order valence-corrected chi connectivity index (χ1v) is 13.7. The Morgan fingerprint density at radius 3 is 2.34 bits per heavy atom. The van der Waals surface area contributed by atoms with E-state index in [0.29, 0.717) is 41.3 Å². The third kappa shape index (κ3) is 6.91. The average Bonchev–Trinajstić information content (AvgIpc) is 2.84. The Morgan fingerprint density at radius 1 is 0.857 bits per heavy atom. The van der Waals surface area contributed by atoms with Crippen molar-refractivity contribution in [2.24, 2.45) is 0 Å². The maximum absolute atomic E-state index is 6.62. The van der Waals surface area contributed by atoms with Crippen LogP contribution in [0.15, 0.2) is 53.0 Å². The standard InChI is InChI=1S/C27H28BrCl3N2O2/c1-2-34-26-12-19(22(28)15-27(26)35-17-18-6-7-20(29)13-23(18)30)16-32-21-8-9-25(24(31)14-21)33-10-4-3-5-11-33/h6-9,12-15,32H,2-5,10-11,16-17H2,1H3. The van der Waals surface area contributed by atoms with Crippen LogP contribution in [0.4, 0.5) is 11.4 Å². The number of nitrogens with zero attached hydrogens (tertiary/aromatic N) is 1. The average molecular weight is 599 g/mol. The number of piperidine rings is 1. The van der Waals surface area contributed by atoms with Crippen LogP contribution in [0.1, 0.15) is 37.3 Å². The molecule has 0 aliphatic carbocycles. The van der Waals surface area contributed by atoms with Crippen LogP contribution in [0.25, 0.3) is 0 Å². The molecule has 3 aromatic carbocycles. The summed E-state index contributed by atoms with van der Waals surface area (Å²) < 4.78 is 12.8. The third-order valence-electron chi connectivity index (χ3n) is 5.94. The van der Waals surface area contributed by atoms with Crippen LogP contribution in [0.5, 0.6) is 11.5 Å². The Labute approximate surface area is 230 Å². The summed E-state index contributed by atoms with van der Waals surface area (Å²) in [5.74, 6) is 1.32. The van der Waals surface area contributed by atoms with E-state index in [4.69, 9.17) is 44.3 Å². The summed E-state index contributed by atoms with van der Waals surface area (Å²) in [5, 5.41) is 5.41. The summed E-state index contributed by atoms with van der Waals surface area (Å²) in [6.45, 7) is 5.52. The van der Waals surface area contributed by atoms with E-state index in [1.54, 1.807) is 12.1 Å². The van der Waals surface area contributed by atoms with Gasteiger partial charge in [0.05, 0.1) is 17.3 Å². The fourth-order valence-corrected chi connectivity index (χ4v) is 5.32. The second-order valence-corrected chi connectivity index (χ2v) is 10.5. The molecule has 0 amide bonds. The van der Waals surface area contributed by atoms with E-state index in [0.717, 1.165) is 45.1 Å². The molecule has 1 N–H and O–H groups in total. The van der Waals surface area contributed by atoms with Gasteiger partial charge in [-0.2, -0.15) is 0 Å². The summed E-state index contributed by atoms with van der Waals surface area (Å²) in [6.07, 6.45) is 3.74. The van der Waals surface area contributed by atoms with Crippen molar-refractivity contribution in [2.45, 2.75) is 39.3 Å². The molecule has 0 aromatic heterocycles. The quantitative estimate of drug-likeness (QED) is 0.267. The van der Waals surface area contributed by atoms with Crippen LogP contribution in [0.2, 0.25) is 15.1 Å². The number of hydrogen-bond donors (Lipinski definition) is 1. The van der Waals surface area contributed by atoms with Crippen molar-refractivity contribution in [2.75, 3.05) is 29.9 Å². The van der Waals surface area contributed by atoms with Crippen molar-refractivity contribution in [3.05, 3.63) is 79.2 Å². The molecule has 0 spiro atoms. The van der Waals surface area contributed by atoms with Crippen molar-refractivity contribution in [3.8, 4) is 11.5 Å². The molecule has 0 radical (unpaired) electrons. The Morgan fingerprint density at radius 2 is 1.63 bits per heavy atom. The predicted octanol–water partition coefficient (Wildman–Crippen LogP) is 8.99. The highest BCUT2D eigenvalue weighted by Crippen LogP contribution is 2.36. The van der Waals surface area contributed by atoms with Crippen LogP contribution >= 0.6 is 50.7 Å². The molecule has 1 heterocycles. The first-order valence-electron chi connectivity index (χ1n) is 11.7. The smallest absolute Gasteiger partial charge is 0.162 e. The number of nitrogens with one attached hydrogen (secondary N) is 1. The maximum atomic E-state index is 6.62. The number of anilines is 2. The summed E-state index contributed by atoms with van der Waals surface area (Å²) in [5.41, 5.74) is 3.98. The number of ether oxygens (including phenoxy) is 2. The van der Waals surface area contributed by atoms with E-state index in [2.05, 4.69) is 38.3 Å². The number of benzene rings is 3. The van der Waals surface area contributed by atoms with Crippen LogP contribution in [0.3, 0.4) is 0 Å². The van der Waals surface area contributed by atoms with Gasteiger partial charge in [-0.1, -0.05) is 56.8 Å². The highest BCUT2D eigenvalue weighted by molar-refractivity contribution is 9.10. The summed E-state index contributed by atoms with van der Waals surface area (Å²) in [6, 6.07) is 15.5. The molecular formula is C27H28BrCl3N2O2. The van der Waals surface area contributed by atoms with Crippen molar-refractivity contribution in [1.82, 2.24) is 0 Å². The highest BCUT2D eigenvalue weighted by atomic mass is 79.9. The van der Waals surface area contributed by atoms with Gasteiger partial charge >= 0.3 is 0 Å². The van der Waals surface area contributed by atoms with E-state index in [1.165, 1.54) is 19.3 Å². The minimum Gasteiger partial charge on any atom is -0.490 e. The lowest BCUT2D eigenvalue weighted by Crippen LogP contribution is -2.29. The van der Waals surface area contributed by atoms with E-state index < -0.39 is 0 Å². The van der Waals surface area contributed by atoms with Crippen molar-refractivity contribution in [1.29, 1.82) is 0 Å². The summed E-state index contributed by atoms with van der Waals surface area (Å²) in [7, 11) is 0. The zero-order chi connectivity index (χ0) is 24.8. The van der Waals surface area contributed by atoms with Crippen LogP contribution in [0, 0.1) is 0 Å². The normalized spacial score (nSPS) is 13.6. The first kappa shape index (κ1) is 26.3. The number of hydrogen-bond acceptors (Lipinski definition) is 4. The molecule has 0 bridgehead atoms. The van der Waals surface area contributed by atoms with Gasteiger partial charge in [0, 0.05) is 45.4 Å². The number of rotatable bonds is 9. The van der Waals surface area contributed by atoms with Gasteiger partial charge in [-0.05, 0) is 74.2 Å². The Bertz CT molecular complexity index is 1170. The Hall–Kier alpha value is -1.79. The number of halogens is 4. The second-order valence-electron chi connectivity index (χ2n) is 8.42.